The van der Waals surface area contributed by atoms with Crippen LogP contribution in [0.15, 0.2) is 39.8 Å². The highest BCUT2D eigenvalue weighted by molar-refractivity contribution is 7.98. The maximum atomic E-state index is 9.73. The fourth-order valence-electron chi connectivity index (χ4n) is 1.53. The molecule has 0 saturated heterocycles. The molecule has 0 spiro atoms. The first-order chi connectivity index (χ1) is 8.79. The van der Waals surface area contributed by atoms with Gasteiger partial charge in [0.05, 0.1) is 5.75 Å². The van der Waals surface area contributed by atoms with E-state index in [1.807, 2.05) is 37.3 Å². The highest BCUT2D eigenvalue weighted by Gasteiger charge is 2.14. The van der Waals surface area contributed by atoms with E-state index in [4.69, 9.17) is 4.52 Å². The van der Waals surface area contributed by atoms with Gasteiger partial charge in [-0.25, -0.2) is 0 Å². The fraction of sp³-hybridized carbons (Fsp3) is 0.385. The van der Waals surface area contributed by atoms with Gasteiger partial charge in [0.2, 0.25) is 5.89 Å². The lowest BCUT2D eigenvalue weighted by Gasteiger charge is -2.01. The normalized spacial score (nSPS) is 12.6. The van der Waals surface area contributed by atoms with Gasteiger partial charge in [0.25, 0.3) is 0 Å². The SMILES string of the molecule is CCCC(O)c1noc(CSc2ccccc2)n1. The summed E-state index contributed by atoms with van der Waals surface area (Å²) < 4.78 is 5.11. The van der Waals surface area contributed by atoms with Crippen LogP contribution in [0.2, 0.25) is 0 Å². The van der Waals surface area contributed by atoms with Gasteiger partial charge in [-0.2, -0.15) is 4.98 Å². The molecule has 5 heteroatoms. The summed E-state index contributed by atoms with van der Waals surface area (Å²) in [6.07, 6.45) is 0.934. The predicted octanol–water partition coefficient (Wildman–Crippen LogP) is 3.20. The van der Waals surface area contributed by atoms with Gasteiger partial charge in [-0.05, 0) is 18.6 Å². The van der Waals surface area contributed by atoms with Crippen LogP contribution in [0.3, 0.4) is 0 Å². The molecule has 1 N–H and O–H groups in total. The third-order valence-electron chi connectivity index (χ3n) is 2.45. The van der Waals surface area contributed by atoms with E-state index in [0.717, 1.165) is 11.3 Å². The van der Waals surface area contributed by atoms with E-state index in [9.17, 15) is 5.11 Å². The zero-order chi connectivity index (χ0) is 12.8. The summed E-state index contributed by atoms with van der Waals surface area (Å²) in [5.74, 6) is 1.56. The van der Waals surface area contributed by atoms with Crippen LogP contribution in [0, 0.1) is 0 Å². The molecule has 0 fully saturated rings. The minimum absolute atomic E-state index is 0.389. The Hall–Kier alpha value is -1.33. The molecule has 4 nitrogen and oxygen atoms in total. The number of aliphatic hydroxyl groups is 1. The Morgan fingerprint density at radius 2 is 2.11 bits per heavy atom. The standard InChI is InChI=1S/C13H16N2O2S/c1-2-6-11(16)13-14-12(17-15-13)9-18-10-7-4-3-5-8-10/h3-5,7-8,11,16H,2,6,9H2,1H3. The van der Waals surface area contributed by atoms with Crippen molar-refractivity contribution >= 4 is 11.8 Å². The molecule has 0 saturated carbocycles. The van der Waals surface area contributed by atoms with E-state index in [2.05, 4.69) is 10.1 Å². The number of benzene rings is 1. The van der Waals surface area contributed by atoms with Gasteiger partial charge >= 0.3 is 0 Å². The lowest BCUT2D eigenvalue weighted by atomic mass is 10.2. The second kappa shape index (κ2) is 6.56. The third-order valence-corrected chi connectivity index (χ3v) is 3.45. The lowest BCUT2D eigenvalue weighted by Crippen LogP contribution is -1.99. The number of thioether (sulfide) groups is 1. The van der Waals surface area contributed by atoms with Crippen molar-refractivity contribution in [3.05, 3.63) is 42.0 Å². The van der Waals surface area contributed by atoms with E-state index >= 15 is 0 Å². The van der Waals surface area contributed by atoms with Gasteiger partial charge in [-0.15, -0.1) is 11.8 Å². The van der Waals surface area contributed by atoms with Crippen LogP contribution in [-0.2, 0) is 5.75 Å². The van der Waals surface area contributed by atoms with Crippen molar-refractivity contribution in [2.75, 3.05) is 0 Å². The fourth-order valence-corrected chi connectivity index (χ4v) is 2.28. The maximum absolute atomic E-state index is 9.73. The van der Waals surface area contributed by atoms with E-state index in [0.29, 0.717) is 23.9 Å². The minimum atomic E-state index is -0.616. The Bertz CT molecular complexity index is 473. The van der Waals surface area contributed by atoms with E-state index in [-0.39, 0.29) is 0 Å². The molecule has 1 unspecified atom stereocenters. The Morgan fingerprint density at radius 1 is 1.33 bits per heavy atom. The Kier molecular flexibility index (Phi) is 4.78. The first kappa shape index (κ1) is 13.1. The maximum Gasteiger partial charge on any atom is 0.237 e. The topological polar surface area (TPSA) is 59.2 Å². The second-order valence-corrected chi connectivity index (χ2v) is 5.00. The molecule has 0 aliphatic carbocycles. The highest BCUT2D eigenvalue weighted by atomic mass is 32.2. The molecule has 96 valence electrons. The number of aromatic nitrogens is 2. The molecule has 1 heterocycles. The molecule has 1 aromatic heterocycles. The van der Waals surface area contributed by atoms with Crippen LogP contribution in [0.5, 0.6) is 0 Å². The van der Waals surface area contributed by atoms with Crippen molar-refractivity contribution in [2.45, 2.75) is 36.5 Å². The zero-order valence-corrected chi connectivity index (χ0v) is 11.1. The molecular formula is C13H16N2O2S. The lowest BCUT2D eigenvalue weighted by molar-refractivity contribution is 0.153. The number of hydrogen-bond acceptors (Lipinski definition) is 5. The summed E-state index contributed by atoms with van der Waals surface area (Å²) in [6, 6.07) is 10.0. The van der Waals surface area contributed by atoms with Crippen molar-refractivity contribution in [3.63, 3.8) is 0 Å². The quantitative estimate of drug-likeness (QED) is 0.812. The molecule has 0 amide bonds. The summed E-state index contributed by atoms with van der Waals surface area (Å²) in [4.78, 5) is 5.35. The molecule has 1 atom stereocenters. The second-order valence-electron chi connectivity index (χ2n) is 3.95. The van der Waals surface area contributed by atoms with Crippen molar-refractivity contribution in [1.29, 1.82) is 0 Å². The number of aliphatic hydroxyl groups excluding tert-OH is 1. The summed E-state index contributed by atoms with van der Waals surface area (Å²) >= 11 is 1.63. The first-order valence-corrected chi connectivity index (χ1v) is 6.96. The van der Waals surface area contributed by atoms with Gasteiger partial charge in [-0.1, -0.05) is 36.7 Å². The summed E-state index contributed by atoms with van der Waals surface area (Å²) in [5.41, 5.74) is 0. The van der Waals surface area contributed by atoms with Crippen LogP contribution >= 0.6 is 11.8 Å². The van der Waals surface area contributed by atoms with Crippen LogP contribution in [0.25, 0.3) is 0 Å². The van der Waals surface area contributed by atoms with Crippen molar-refractivity contribution in [1.82, 2.24) is 10.1 Å². The molecule has 0 aliphatic heterocycles. The Balaban J connectivity index is 1.91. The predicted molar refractivity (Wildman–Crippen MR) is 70.2 cm³/mol. The number of nitrogens with zero attached hydrogens (tertiary/aromatic N) is 2. The van der Waals surface area contributed by atoms with Crippen LogP contribution < -0.4 is 0 Å². The monoisotopic (exact) mass is 264 g/mol. The molecule has 0 bridgehead atoms. The molecule has 0 aliphatic rings. The highest BCUT2D eigenvalue weighted by Crippen LogP contribution is 2.22. The van der Waals surface area contributed by atoms with Gasteiger partial charge in [0, 0.05) is 4.90 Å². The van der Waals surface area contributed by atoms with E-state index in [1.54, 1.807) is 11.8 Å². The molecule has 1 aromatic carbocycles. The molecule has 2 aromatic rings. The van der Waals surface area contributed by atoms with Gasteiger partial charge in [0.15, 0.2) is 5.82 Å². The summed E-state index contributed by atoms with van der Waals surface area (Å²) in [5, 5.41) is 13.5. The minimum Gasteiger partial charge on any atom is -0.385 e. The third kappa shape index (κ3) is 3.58. The molecule has 18 heavy (non-hydrogen) atoms. The summed E-state index contributed by atoms with van der Waals surface area (Å²) in [6.45, 7) is 2.01. The average Bonchev–Trinajstić information content (AvgIpc) is 2.87. The molecule has 0 radical (unpaired) electrons. The number of hydrogen-bond donors (Lipinski definition) is 1. The largest absolute Gasteiger partial charge is 0.385 e. The van der Waals surface area contributed by atoms with Crippen molar-refractivity contribution in [2.24, 2.45) is 0 Å². The van der Waals surface area contributed by atoms with Gasteiger partial charge < -0.3 is 9.63 Å². The van der Waals surface area contributed by atoms with E-state index in [1.165, 1.54) is 0 Å². The smallest absolute Gasteiger partial charge is 0.237 e. The van der Waals surface area contributed by atoms with Gasteiger partial charge in [0.1, 0.15) is 6.10 Å². The van der Waals surface area contributed by atoms with Crippen LogP contribution in [-0.4, -0.2) is 15.2 Å². The zero-order valence-electron chi connectivity index (χ0n) is 10.2. The van der Waals surface area contributed by atoms with Crippen molar-refractivity contribution < 1.29 is 9.63 Å². The number of rotatable bonds is 6. The Morgan fingerprint density at radius 3 is 2.83 bits per heavy atom. The van der Waals surface area contributed by atoms with E-state index < -0.39 is 6.10 Å². The van der Waals surface area contributed by atoms with Crippen LogP contribution in [0.1, 0.15) is 37.6 Å². The molecule has 2 rings (SSSR count). The first-order valence-electron chi connectivity index (χ1n) is 5.98. The molecular weight excluding hydrogens is 248 g/mol. The van der Waals surface area contributed by atoms with Crippen molar-refractivity contribution in [3.8, 4) is 0 Å². The van der Waals surface area contributed by atoms with Crippen LogP contribution in [0.4, 0.5) is 0 Å². The average molecular weight is 264 g/mol. The van der Waals surface area contributed by atoms with Gasteiger partial charge in [-0.3, -0.25) is 0 Å². The Labute approximate surface area is 110 Å². The summed E-state index contributed by atoms with van der Waals surface area (Å²) in [7, 11) is 0.